The lowest BCUT2D eigenvalue weighted by Crippen LogP contribution is -1.87. The molecule has 0 fully saturated rings. The molecule has 2 aromatic heterocycles. The third-order valence-corrected chi connectivity index (χ3v) is 3.29. The normalized spacial score (nSPS) is 10.1. The molecule has 0 aromatic carbocycles. The van der Waals surface area contributed by atoms with Gasteiger partial charge in [-0.3, -0.25) is 5.10 Å². The van der Waals surface area contributed by atoms with Crippen LogP contribution >= 0.6 is 23.1 Å². The van der Waals surface area contributed by atoms with Crippen molar-refractivity contribution in [3.05, 3.63) is 28.2 Å². The zero-order valence-corrected chi connectivity index (χ0v) is 9.44. The Morgan fingerprint density at radius 1 is 1.60 bits per heavy atom. The molecule has 0 radical (unpaired) electrons. The van der Waals surface area contributed by atoms with Gasteiger partial charge < -0.3 is 0 Å². The van der Waals surface area contributed by atoms with Gasteiger partial charge in [0.2, 0.25) is 5.16 Å². The third kappa shape index (κ3) is 2.81. The van der Waals surface area contributed by atoms with Crippen molar-refractivity contribution in [2.24, 2.45) is 0 Å². The van der Waals surface area contributed by atoms with Crippen molar-refractivity contribution >= 4 is 23.1 Å². The first-order valence-electron chi connectivity index (χ1n) is 4.32. The quantitative estimate of drug-likeness (QED) is 0.825. The number of aromatic amines is 1. The number of aromatic nitrogens is 3. The molecule has 0 aliphatic carbocycles. The Balaban J connectivity index is 1.99. The molecule has 1 N–H and O–H groups in total. The van der Waals surface area contributed by atoms with E-state index in [4.69, 9.17) is 5.26 Å². The van der Waals surface area contributed by atoms with Crippen LogP contribution < -0.4 is 0 Å². The summed E-state index contributed by atoms with van der Waals surface area (Å²) in [5.74, 6) is 1.23. The van der Waals surface area contributed by atoms with E-state index in [0.29, 0.717) is 10.9 Å². The molecule has 0 atom stereocenters. The van der Waals surface area contributed by atoms with E-state index in [1.165, 1.54) is 16.6 Å². The SMILES string of the molecule is N#CCSc1n[nH]c(Cc2cccs2)n1. The summed E-state index contributed by atoms with van der Waals surface area (Å²) in [7, 11) is 0. The predicted octanol–water partition coefficient (Wildman–Crippen LogP) is 2.07. The lowest BCUT2D eigenvalue weighted by Gasteiger charge is -1.89. The zero-order valence-electron chi connectivity index (χ0n) is 7.80. The fourth-order valence-corrected chi connectivity index (χ4v) is 2.28. The van der Waals surface area contributed by atoms with Crippen LogP contribution in [0.5, 0.6) is 0 Å². The number of nitrogens with one attached hydrogen (secondary N) is 1. The van der Waals surface area contributed by atoms with Crippen molar-refractivity contribution < 1.29 is 0 Å². The lowest BCUT2D eigenvalue weighted by molar-refractivity contribution is 0.961. The van der Waals surface area contributed by atoms with Gasteiger partial charge in [-0.2, -0.15) is 5.26 Å². The van der Waals surface area contributed by atoms with Crippen molar-refractivity contribution in [2.45, 2.75) is 11.6 Å². The van der Waals surface area contributed by atoms with Crippen LogP contribution in [-0.4, -0.2) is 20.9 Å². The molecule has 2 rings (SSSR count). The molecule has 0 aliphatic heterocycles. The summed E-state index contributed by atoms with van der Waals surface area (Å²) >= 11 is 3.04. The average Bonchev–Trinajstić information content (AvgIpc) is 2.87. The molecule has 0 amide bonds. The highest BCUT2D eigenvalue weighted by Gasteiger charge is 2.04. The van der Waals surface area contributed by atoms with Gasteiger partial charge in [0.05, 0.1) is 11.8 Å². The zero-order chi connectivity index (χ0) is 10.5. The molecule has 4 nitrogen and oxygen atoms in total. The Morgan fingerprint density at radius 3 is 3.27 bits per heavy atom. The summed E-state index contributed by atoms with van der Waals surface area (Å²) in [5.41, 5.74) is 0. The molecule has 2 heterocycles. The fourth-order valence-electron chi connectivity index (χ4n) is 1.10. The first-order chi connectivity index (χ1) is 7.38. The third-order valence-electron chi connectivity index (χ3n) is 1.70. The molecule has 76 valence electrons. The Hall–Kier alpha value is -1.32. The number of H-pyrrole nitrogens is 1. The first-order valence-corrected chi connectivity index (χ1v) is 6.18. The highest BCUT2D eigenvalue weighted by atomic mass is 32.2. The summed E-state index contributed by atoms with van der Waals surface area (Å²) < 4.78 is 0. The minimum absolute atomic E-state index is 0.385. The molecule has 0 spiro atoms. The van der Waals surface area contributed by atoms with Gasteiger partial charge >= 0.3 is 0 Å². The van der Waals surface area contributed by atoms with Crippen LogP contribution in [0.3, 0.4) is 0 Å². The summed E-state index contributed by atoms with van der Waals surface area (Å²) in [6.07, 6.45) is 0.776. The topological polar surface area (TPSA) is 65.4 Å². The second kappa shape index (κ2) is 4.96. The van der Waals surface area contributed by atoms with Gasteiger partial charge in [0, 0.05) is 11.3 Å². The van der Waals surface area contributed by atoms with Crippen LogP contribution in [-0.2, 0) is 6.42 Å². The summed E-state index contributed by atoms with van der Waals surface area (Å²) in [6.45, 7) is 0. The number of rotatable bonds is 4. The molecule has 6 heteroatoms. The molecule has 15 heavy (non-hydrogen) atoms. The van der Waals surface area contributed by atoms with Crippen LogP contribution in [0.4, 0.5) is 0 Å². The minimum Gasteiger partial charge on any atom is -0.262 e. The van der Waals surface area contributed by atoms with Gasteiger partial charge in [0.1, 0.15) is 5.82 Å². The second-order valence-electron chi connectivity index (χ2n) is 2.77. The highest BCUT2D eigenvalue weighted by molar-refractivity contribution is 7.99. The van der Waals surface area contributed by atoms with Gasteiger partial charge in [0.15, 0.2) is 0 Å². The molecular formula is C9H8N4S2. The van der Waals surface area contributed by atoms with Gasteiger partial charge in [-0.05, 0) is 11.4 Å². The van der Waals surface area contributed by atoms with Gasteiger partial charge in [-0.1, -0.05) is 17.8 Å². The van der Waals surface area contributed by atoms with Gasteiger partial charge in [0.25, 0.3) is 0 Å². The smallest absolute Gasteiger partial charge is 0.209 e. The van der Waals surface area contributed by atoms with Crippen molar-refractivity contribution in [2.75, 3.05) is 5.75 Å². The molecular weight excluding hydrogens is 228 g/mol. The van der Waals surface area contributed by atoms with Gasteiger partial charge in [-0.15, -0.1) is 16.4 Å². The fraction of sp³-hybridized carbons (Fsp3) is 0.222. The Kier molecular flexibility index (Phi) is 3.37. The van der Waals surface area contributed by atoms with E-state index in [2.05, 4.69) is 21.2 Å². The number of thiophene rings is 1. The number of hydrogen-bond donors (Lipinski definition) is 1. The number of thioether (sulfide) groups is 1. The van der Waals surface area contributed by atoms with E-state index in [1.54, 1.807) is 11.3 Å². The maximum atomic E-state index is 8.41. The highest BCUT2D eigenvalue weighted by Crippen LogP contribution is 2.15. The molecule has 0 unspecified atom stereocenters. The monoisotopic (exact) mass is 236 g/mol. The van der Waals surface area contributed by atoms with Crippen LogP contribution in [0.1, 0.15) is 10.7 Å². The van der Waals surface area contributed by atoms with E-state index in [1.807, 2.05) is 17.5 Å². The maximum Gasteiger partial charge on any atom is 0.209 e. The van der Waals surface area contributed by atoms with Crippen LogP contribution in [0.2, 0.25) is 0 Å². The Bertz CT molecular complexity index is 455. The van der Waals surface area contributed by atoms with Crippen molar-refractivity contribution in [1.29, 1.82) is 5.26 Å². The average molecular weight is 236 g/mol. The van der Waals surface area contributed by atoms with E-state index >= 15 is 0 Å². The van der Waals surface area contributed by atoms with E-state index in [9.17, 15) is 0 Å². The first kappa shape index (κ1) is 10.2. The van der Waals surface area contributed by atoms with Gasteiger partial charge in [-0.25, -0.2) is 4.98 Å². The van der Waals surface area contributed by atoms with Crippen molar-refractivity contribution in [3.63, 3.8) is 0 Å². The van der Waals surface area contributed by atoms with Crippen LogP contribution in [0.15, 0.2) is 22.7 Å². The second-order valence-corrected chi connectivity index (χ2v) is 4.74. The van der Waals surface area contributed by atoms with E-state index in [-0.39, 0.29) is 0 Å². The lowest BCUT2D eigenvalue weighted by atomic mass is 10.3. The predicted molar refractivity (Wildman–Crippen MR) is 59.8 cm³/mol. The van der Waals surface area contributed by atoms with Crippen molar-refractivity contribution in [1.82, 2.24) is 15.2 Å². The molecule has 0 saturated heterocycles. The number of nitriles is 1. The minimum atomic E-state index is 0.385. The number of hydrogen-bond acceptors (Lipinski definition) is 5. The number of nitrogens with zero attached hydrogens (tertiary/aromatic N) is 3. The van der Waals surface area contributed by atoms with Crippen molar-refractivity contribution in [3.8, 4) is 6.07 Å². The van der Waals surface area contributed by atoms with E-state index in [0.717, 1.165) is 12.2 Å². The summed E-state index contributed by atoms with van der Waals surface area (Å²) in [4.78, 5) is 5.53. The molecule has 0 aliphatic rings. The standard InChI is InChI=1S/C9H8N4S2/c10-3-5-15-9-11-8(12-13-9)6-7-2-1-4-14-7/h1-2,4H,5-6H2,(H,11,12,13). The van der Waals surface area contributed by atoms with E-state index < -0.39 is 0 Å². The molecule has 0 saturated carbocycles. The summed E-state index contributed by atoms with van der Waals surface area (Å²) in [6, 6.07) is 6.12. The largest absolute Gasteiger partial charge is 0.262 e. The molecule has 2 aromatic rings. The molecule has 0 bridgehead atoms. The van der Waals surface area contributed by atoms with Crippen LogP contribution in [0, 0.1) is 11.3 Å². The van der Waals surface area contributed by atoms with Crippen LogP contribution in [0.25, 0.3) is 0 Å². The Labute approximate surface area is 95.4 Å². The summed E-state index contributed by atoms with van der Waals surface area (Å²) in [5, 5.41) is 18.0. The Morgan fingerprint density at radius 2 is 2.53 bits per heavy atom. The maximum absolute atomic E-state index is 8.41.